The number of hydrogen-bond acceptors (Lipinski definition) is 3. The molecule has 6 fully saturated rings. The summed E-state index contributed by atoms with van der Waals surface area (Å²) in [7, 11) is 0. The molecular formula is C40H49NO2. The number of ether oxygens (including phenoxy) is 1. The van der Waals surface area contributed by atoms with E-state index < -0.39 is 0 Å². The number of fused-ring (bicyclic) bond motifs is 7. The van der Waals surface area contributed by atoms with E-state index in [0.717, 1.165) is 68.2 Å². The lowest BCUT2D eigenvalue weighted by atomic mass is 9.50. The number of rotatable bonds is 2. The average Bonchev–Trinajstić information content (AvgIpc) is 3.19. The van der Waals surface area contributed by atoms with Gasteiger partial charge in [0, 0.05) is 29.6 Å². The van der Waals surface area contributed by atoms with Gasteiger partial charge >= 0.3 is 0 Å². The summed E-state index contributed by atoms with van der Waals surface area (Å²) in [5, 5.41) is 14.4. The van der Waals surface area contributed by atoms with Crippen molar-refractivity contribution >= 4 is 16.5 Å². The molecule has 4 bridgehead atoms. The van der Waals surface area contributed by atoms with Crippen molar-refractivity contribution in [3.8, 4) is 16.9 Å². The van der Waals surface area contributed by atoms with E-state index in [0.29, 0.717) is 11.7 Å². The molecule has 3 heteroatoms. The highest BCUT2D eigenvalue weighted by atomic mass is 16.5. The lowest BCUT2D eigenvalue weighted by molar-refractivity contribution is -0.00266. The van der Waals surface area contributed by atoms with Crippen molar-refractivity contribution in [2.45, 2.75) is 90.4 Å². The normalized spacial score (nSPS) is 32.7. The Morgan fingerprint density at radius 2 is 1.40 bits per heavy atom. The lowest BCUT2D eigenvalue weighted by Gasteiger charge is -2.55. The zero-order valence-electron chi connectivity index (χ0n) is 26.7. The van der Waals surface area contributed by atoms with Crippen molar-refractivity contribution in [2.24, 2.45) is 34.5 Å². The molecule has 1 heterocycles. The van der Waals surface area contributed by atoms with E-state index in [1.807, 2.05) is 0 Å². The number of phenols is 1. The van der Waals surface area contributed by atoms with Crippen molar-refractivity contribution in [2.75, 3.05) is 31.2 Å². The Hall–Kier alpha value is -2.52. The summed E-state index contributed by atoms with van der Waals surface area (Å²) in [5.74, 6) is 4.64. The van der Waals surface area contributed by atoms with Crippen LogP contribution in [0.5, 0.6) is 5.75 Å². The molecule has 0 unspecified atom stereocenters. The molecule has 1 aliphatic heterocycles. The summed E-state index contributed by atoms with van der Waals surface area (Å²) in [5.41, 5.74) is 8.98. The summed E-state index contributed by atoms with van der Waals surface area (Å²) in [4.78, 5) is 2.63. The molecule has 1 saturated heterocycles. The highest BCUT2D eigenvalue weighted by molar-refractivity contribution is 6.07. The number of nitrogens with zero attached hydrogens (tertiary/aromatic N) is 1. The van der Waals surface area contributed by atoms with Crippen LogP contribution in [0.3, 0.4) is 0 Å². The number of anilines is 1. The zero-order chi connectivity index (χ0) is 29.3. The van der Waals surface area contributed by atoms with Crippen LogP contribution in [0.25, 0.3) is 21.9 Å². The minimum Gasteiger partial charge on any atom is -0.507 e. The van der Waals surface area contributed by atoms with Gasteiger partial charge in [-0.25, -0.2) is 0 Å². The second kappa shape index (κ2) is 9.03. The van der Waals surface area contributed by atoms with E-state index in [9.17, 15) is 5.11 Å². The fourth-order valence-electron chi connectivity index (χ4n) is 12.7. The van der Waals surface area contributed by atoms with Crippen LogP contribution in [0, 0.1) is 34.5 Å². The van der Waals surface area contributed by atoms with Gasteiger partial charge in [0.15, 0.2) is 0 Å². The quantitative estimate of drug-likeness (QED) is 0.330. The molecule has 0 atom stereocenters. The molecule has 3 aromatic carbocycles. The van der Waals surface area contributed by atoms with E-state index >= 15 is 0 Å². The van der Waals surface area contributed by atoms with Crippen LogP contribution in [0.4, 0.5) is 5.69 Å². The molecule has 6 aliphatic carbocycles. The Balaban J connectivity index is 1.29. The first-order chi connectivity index (χ1) is 20.6. The number of phenolic OH excluding ortho intramolecular Hbond substituents is 1. The maximum absolute atomic E-state index is 12.0. The Morgan fingerprint density at radius 1 is 0.744 bits per heavy atom. The Morgan fingerprint density at radius 3 is 2.07 bits per heavy atom. The van der Waals surface area contributed by atoms with Gasteiger partial charge in [-0.05, 0) is 143 Å². The second-order valence-electron chi connectivity index (χ2n) is 17.3. The van der Waals surface area contributed by atoms with Gasteiger partial charge in [-0.2, -0.15) is 0 Å². The fraction of sp³-hybridized carbons (Fsp3) is 0.600. The first-order valence-corrected chi connectivity index (χ1v) is 17.4. The van der Waals surface area contributed by atoms with Crippen molar-refractivity contribution in [3.05, 3.63) is 59.2 Å². The topological polar surface area (TPSA) is 32.7 Å². The molecule has 0 aromatic heterocycles. The fourth-order valence-corrected chi connectivity index (χ4v) is 12.7. The predicted molar refractivity (Wildman–Crippen MR) is 176 cm³/mol. The molecule has 0 amide bonds. The Labute approximate surface area is 258 Å². The summed E-state index contributed by atoms with van der Waals surface area (Å²) in [6.07, 6.45) is 10.6. The molecule has 43 heavy (non-hydrogen) atoms. The molecule has 10 rings (SSSR count). The molecule has 1 N–H and O–H groups in total. The van der Waals surface area contributed by atoms with Gasteiger partial charge in [0.25, 0.3) is 0 Å². The number of benzene rings is 3. The standard InChI is InChI=1S/C40H49NO2/c1-38(2)21-39(3,4)23-40(22-38)32-8-6-5-7-28(32)37-30-19-34(41-9-11-43-12-10-41)31(18-29(30)35(42)20-33(37)40)36-26-14-24-13-25(16-26)17-27(36)15-24/h5-8,18-20,24-27,36,42H,9-17,21-23H2,1-4H3. The summed E-state index contributed by atoms with van der Waals surface area (Å²) in [6, 6.07) is 16.5. The monoisotopic (exact) mass is 575 g/mol. The van der Waals surface area contributed by atoms with Crippen molar-refractivity contribution in [3.63, 3.8) is 0 Å². The van der Waals surface area contributed by atoms with Crippen LogP contribution in [0.1, 0.15) is 102 Å². The zero-order valence-corrected chi connectivity index (χ0v) is 26.7. The third kappa shape index (κ3) is 3.95. The highest BCUT2D eigenvalue weighted by Gasteiger charge is 2.54. The van der Waals surface area contributed by atoms with Gasteiger partial charge < -0.3 is 14.7 Å². The van der Waals surface area contributed by atoms with Crippen LogP contribution < -0.4 is 4.90 Å². The third-order valence-corrected chi connectivity index (χ3v) is 12.9. The van der Waals surface area contributed by atoms with Gasteiger partial charge in [0.1, 0.15) is 5.75 Å². The highest BCUT2D eigenvalue weighted by Crippen LogP contribution is 2.66. The third-order valence-electron chi connectivity index (χ3n) is 12.9. The second-order valence-corrected chi connectivity index (χ2v) is 17.3. The van der Waals surface area contributed by atoms with Crippen LogP contribution >= 0.6 is 0 Å². The van der Waals surface area contributed by atoms with Gasteiger partial charge in [0.05, 0.1) is 13.2 Å². The van der Waals surface area contributed by atoms with E-state index in [1.165, 1.54) is 77.4 Å². The van der Waals surface area contributed by atoms with E-state index in [4.69, 9.17) is 4.74 Å². The Bertz CT molecular complexity index is 1580. The summed E-state index contributed by atoms with van der Waals surface area (Å²) < 4.78 is 5.86. The molecule has 0 radical (unpaired) electrons. The summed E-state index contributed by atoms with van der Waals surface area (Å²) >= 11 is 0. The van der Waals surface area contributed by atoms with Crippen molar-refractivity contribution < 1.29 is 9.84 Å². The molecule has 1 spiro atoms. The van der Waals surface area contributed by atoms with Crippen LogP contribution in [0.2, 0.25) is 0 Å². The minimum absolute atomic E-state index is 0.0674. The predicted octanol–water partition coefficient (Wildman–Crippen LogP) is 9.42. The molecule has 5 saturated carbocycles. The molecule has 3 nitrogen and oxygen atoms in total. The van der Waals surface area contributed by atoms with E-state index in [1.54, 1.807) is 0 Å². The van der Waals surface area contributed by atoms with Gasteiger partial charge in [-0.15, -0.1) is 0 Å². The van der Waals surface area contributed by atoms with Gasteiger partial charge in [-0.1, -0.05) is 52.0 Å². The smallest absolute Gasteiger partial charge is 0.123 e. The summed E-state index contributed by atoms with van der Waals surface area (Å²) in [6.45, 7) is 13.4. The molecule has 3 aromatic rings. The maximum Gasteiger partial charge on any atom is 0.123 e. The largest absolute Gasteiger partial charge is 0.507 e. The van der Waals surface area contributed by atoms with E-state index in [-0.39, 0.29) is 16.2 Å². The first-order valence-electron chi connectivity index (χ1n) is 17.4. The molecular weight excluding hydrogens is 526 g/mol. The Kier molecular flexibility index (Phi) is 5.63. The van der Waals surface area contributed by atoms with Crippen molar-refractivity contribution in [1.29, 1.82) is 0 Å². The lowest BCUT2D eigenvalue weighted by Crippen LogP contribution is -2.44. The number of morpholine rings is 1. The number of aromatic hydroxyl groups is 1. The van der Waals surface area contributed by atoms with Gasteiger partial charge in [0.2, 0.25) is 0 Å². The maximum atomic E-state index is 12.0. The SMILES string of the molecule is CC1(C)CC(C)(C)CC2(C1)c1ccccc1-c1c2cc(O)c2cc(C3C4CC5CC(C4)CC3C5)c(N3CCOCC3)cc12. The van der Waals surface area contributed by atoms with Crippen LogP contribution in [-0.2, 0) is 10.2 Å². The van der Waals surface area contributed by atoms with Gasteiger partial charge in [-0.3, -0.25) is 0 Å². The van der Waals surface area contributed by atoms with E-state index in [2.05, 4.69) is 75.1 Å². The molecule has 7 aliphatic rings. The van der Waals surface area contributed by atoms with Crippen LogP contribution in [0.15, 0.2) is 42.5 Å². The number of hydrogen-bond donors (Lipinski definition) is 1. The molecule has 226 valence electrons. The van der Waals surface area contributed by atoms with Crippen LogP contribution in [-0.4, -0.2) is 31.4 Å². The minimum atomic E-state index is -0.0674. The van der Waals surface area contributed by atoms with Crippen molar-refractivity contribution in [1.82, 2.24) is 0 Å². The average molecular weight is 576 g/mol. The first kappa shape index (κ1) is 26.8.